The third-order valence-electron chi connectivity index (χ3n) is 2.44. The molecule has 0 heterocycles. The second kappa shape index (κ2) is 5.28. The first-order valence-corrected chi connectivity index (χ1v) is 5.08. The Morgan fingerprint density at radius 3 is 2.05 bits per heavy atom. The van der Waals surface area contributed by atoms with Gasteiger partial charge in [-0.05, 0) is 12.1 Å². The molecule has 9 heteroatoms. The van der Waals surface area contributed by atoms with Crippen molar-refractivity contribution >= 4 is 0 Å². The van der Waals surface area contributed by atoms with Gasteiger partial charge in [0.05, 0.1) is 23.6 Å². The maximum atomic E-state index is 13.6. The lowest BCUT2D eigenvalue weighted by Crippen LogP contribution is -2.21. The van der Waals surface area contributed by atoms with Crippen LogP contribution in [0.1, 0.15) is 29.2 Å². The molecule has 1 rings (SSSR count). The first-order chi connectivity index (χ1) is 8.98. The molecule has 0 bridgehead atoms. The van der Waals surface area contributed by atoms with Crippen LogP contribution in [0.3, 0.4) is 0 Å². The molecular formula is C11H7F7N2. The number of alkyl halides is 6. The SMILES string of the molecule is N#CC[C@H](N)c1c(F)cc(C(F)(F)F)cc1C(F)(F)F. The van der Waals surface area contributed by atoms with Crippen LogP contribution in [0.5, 0.6) is 0 Å². The summed E-state index contributed by atoms with van der Waals surface area (Å²) >= 11 is 0. The first-order valence-electron chi connectivity index (χ1n) is 5.08. The number of benzene rings is 1. The molecule has 0 amide bonds. The summed E-state index contributed by atoms with van der Waals surface area (Å²) in [4.78, 5) is 0. The van der Waals surface area contributed by atoms with Crippen molar-refractivity contribution in [3.05, 3.63) is 34.6 Å². The average molecular weight is 300 g/mol. The first kappa shape index (κ1) is 16.2. The Morgan fingerprint density at radius 2 is 1.65 bits per heavy atom. The second-order valence-electron chi connectivity index (χ2n) is 3.88. The number of nitrogens with two attached hydrogens (primary N) is 1. The van der Waals surface area contributed by atoms with Crippen molar-refractivity contribution in [2.45, 2.75) is 24.8 Å². The molecule has 0 aliphatic rings. The van der Waals surface area contributed by atoms with Crippen LogP contribution < -0.4 is 5.73 Å². The Kier molecular flexibility index (Phi) is 4.29. The minimum Gasteiger partial charge on any atom is -0.323 e. The van der Waals surface area contributed by atoms with Gasteiger partial charge in [0.2, 0.25) is 0 Å². The van der Waals surface area contributed by atoms with E-state index in [-0.39, 0.29) is 12.1 Å². The van der Waals surface area contributed by atoms with Crippen molar-refractivity contribution in [1.82, 2.24) is 0 Å². The van der Waals surface area contributed by atoms with Crippen molar-refractivity contribution in [2.24, 2.45) is 5.73 Å². The van der Waals surface area contributed by atoms with Gasteiger partial charge >= 0.3 is 12.4 Å². The van der Waals surface area contributed by atoms with Crippen LogP contribution >= 0.6 is 0 Å². The number of rotatable bonds is 2. The van der Waals surface area contributed by atoms with Gasteiger partial charge in [0.15, 0.2) is 0 Å². The molecule has 2 nitrogen and oxygen atoms in total. The van der Waals surface area contributed by atoms with Gasteiger partial charge in [0, 0.05) is 11.6 Å². The third kappa shape index (κ3) is 3.39. The Balaban J connectivity index is 3.57. The van der Waals surface area contributed by atoms with Crippen molar-refractivity contribution in [2.75, 3.05) is 0 Å². The predicted octanol–water partition coefficient (Wildman–Crippen LogP) is 3.78. The molecule has 1 aromatic rings. The molecule has 1 aromatic carbocycles. The van der Waals surface area contributed by atoms with E-state index in [4.69, 9.17) is 11.0 Å². The molecule has 0 fully saturated rings. The van der Waals surface area contributed by atoms with E-state index in [9.17, 15) is 30.7 Å². The summed E-state index contributed by atoms with van der Waals surface area (Å²) in [5, 5.41) is 8.35. The Bertz CT molecular complexity index is 539. The summed E-state index contributed by atoms with van der Waals surface area (Å²) in [7, 11) is 0. The third-order valence-corrected chi connectivity index (χ3v) is 2.44. The molecule has 110 valence electrons. The van der Waals surface area contributed by atoms with Crippen LogP contribution in [0.4, 0.5) is 30.7 Å². The summed E-state index contributed by atoms with van der Waals surface area (Å²) < 4.78 is 88.9. The zero-order valence-electron chi connectivity index (χ0n) is 9.61. The van der Waals surface area contributed by atoms with E-state index in [0.29, 0.717) is 0 Å². The molecule has 0 aliphatic carbocycles. The lowest BCUT2D eigenvalue weighted by atomic mass is 9.95. The maximum Gasteiger partial charge on any atom is 0.416 e. The summed E-state index contributed by atoms with van der Waals surface area (Å²) in [6, 6.07) is -0.513. The van der Waals surface area contributed by atoms with Crippen LogP contribution in [0.2, 0.25) is 0 Å². The van der Waals surface area contributed by atoms with Gasteiger partial charge in [-0.1, -0.05) is 0 Å². The minimum absolute atomic E-state index is 0.0677. The van der Waals surface area contributed by atoms with E-state index >= 15 is 0 Å². The van der Waals surface area contributed by atoms with Crippen molar-refractivity contribution in [3.8, 4) is 6.07 Å². The van der Waals surface area contributed by atoms with Gasteiger partial charge in [0.25, 0.3) is 0 Å². The second-order valence-corrected chi connectivity index (χ2v) is 3.88. The fourth-order valence-electron chi connectivity index (χ4n) is 1.59. The molecule has 0 saturated heterocycles. The van der Waals surface area contributed by atoms with Crippen LogP contribution in [0.25, 0.3) is 0 Å². The fraction of sp³-hybridized carbons (Fsp3) is 0.364. The van der Waals surface area contributed by atoms with E-state index in [1.165, 1.54) is 6.07 Å². The number of hydrogen-bond donors (Lipinski definition) is 1. The standard InChI is InChI=1S/C11H7F7N2/c12-7-4-5(10(13,14)15)3-6(11(16,17)18)9(7)8(20)1-2-19/h3-4,8H,1,20H2/t8-/m0/s1. The fourth-order valence-corrected chi connectivity index (χ4v) is 1.59. The number of nitrogens with zero attached hydrogens (tertiary/aromatic N) is 1. The summed E-state index contributed by atoms with van der Waals surface area (Å²) in [6.07, 6.45) is -11.0. The van der Waals surface area contributed by atoms with Gasteiger partial charge in [-0.25, -0.2) is 4.39 Å². The monoisotopic (exact) mass is 300 g/mol. The molecule has 0 aliphatic heterocycles. The molecule has 0 unspecified atom stereocenters. The highest BCUT2D eigenvalue weighted by Crippen LogP contribution is 2.40. The van der Waals surface area contributed by atoms with Crippen LogP contribution in [-0.4, -0.2) is 0 Å². The highest BCUT2D eigenvalue weighted by Gasteiger charge is 2.40. The van der Waals surface area contributed by atoms with Crippen molar-refractivity contribution < 1.29 is 30.7 Å². The average Bonchev–Trinajstić information content (AvgIpc) is 2.25. The maximum absolute atomic E-state index is 13.6. The van der Waals surface area contributed by atoms with E-state index < -0.39 is 47.3 Å². The number of halogens is 7. The molecule has 0 spiro atoms. The Morgan fingerprint density at radius 1 is 1.10 bits per heavy atom. The van der Waals surface area contributed by atoms with Crippen molar-refractivity contribution in [3.63, 3.8) is 0 Å². The smallest absolute Gasteiger partial charge is 0.323 e. The molecule has 1 atom stereocenters. The van der Waals surface area contributed by atoms with Gasteiger partial charge in [-0.2, -0.15) is 31.6 Å². The van der Waals surface area contributed by atoms with Crippen LogP contribution in [-0.2, 0) is 12.4 Å². The normalized spacial score (nSPS) is 13.9. The van der Waals surface area contributed by atoms with E-state index in [2.05, 4.69) is 0 Å². The molecule has 0 radical (unpaired) electrons. The van der Waals surface area contributed by atoms with Crippen LogP contribution in [0, 0.1) is 17.1 Å². The zero-order valence-corrected chi connectivity index (χ0v) is 9.61. The topological polar surface area (TPSA) is 49.8 Å². The van der Waals surface area contributed by atoms with Gasteiger partial charge in [-0.15, -0.1) is 0 Å². The lowest BCUT2D eigenvalue weighted by Gasteiger charge is -2.19. The quantitative estimate of drug-likeness (QED) is 0.845. The molecular weight excluding hydrogens is 293 g/mol. The van der Waals surface area contributed by atoms with Gasteiger partial charge in [-0.3, -0.25) is 0 Å². The van der Waals surface area contributed by atoms with Gasteiger partial charge in [0.1, 0.15) is 5.82 Å². The van der Waals surface area contributed by atoms with E-state index in [1.807, 2.05) is 0 Å². The van der Waals surface area contributed by atoms with Crippen molar-refractivity contribution in [1.29, 1.82) is 5.26 Å². The Labute approximate surface area is 108 Å². The minimum atomic E-state index is -5.22. The highest BCUT2D eigenvalue weighted by atomic mass is 19.4. The molecule has 20 heavy (non-hydrogen) atoms. The molecule has 0 saturated carbocycles. The number of nitriles is 1. The highest BCUT2D eigenvalue weighted by molar-refractivity contribution is 5.39. The largest absolute Gasteiger partial charge is 0.416 e. The van der Waals surface area contributed by atoms with Gasteiger partial charge < -0.3 is 5.73 Å². The van der Waals surface area contributed by atoms with E-state index in [0.717, 1.165) is 0 Å². The van der Waals surface area contributed by atoms with Crippen LogP contribution in [0.15, 0.2) is 12.1 Å². The Hall–Kier alpha value is -1.82. The molecule has 2 N–H and O–H groups in total. The summed E-state index contributed by atoms with van der Waals surface area (Å²) in [6.45, 7) is 0. The number of hydrogen-bond acceptors (Lipinski definition) is 2. The zero-order chi connectivity index (χ0) is 15.7. The van der Waals surface area contributed by atoms with E-state index in [1.54, 1.807) is 0 Å². The summed E-state index contributed by atoms with van der Waals surface area (Å²) in [5.41, 5.74) is 0.478. The summed E-state index contributed by atoms with van der Waals surface area (Å²) in [5.74, 6) is -1.74. The predicted molar refractivity (Wildman–Crippen MR) is 53.6 cm³/mol. The molecule has 0 aromatic heterocycles. The lowest BCUT2D eigenvalue weighted by molar-refractivity contribution is -0.144.